The minimum absolute atomic E-state index is 0.211. The van der Waals surface area contributed by atoms with Crippen molar-refractivity contribution in [2.75, 3.05) is 6.61 Å². The Balaban J connectivity index is 1.52. The van der Waals surface area contributed by atoms with E-state index in [4.69, 9.17) is 4.74 Å². The molecule has 3 aromatic heterocycles. The summed E-state index contributed by atoms with van der Waals surface area (Å²) in [6, 6.07) is 3.84. The molecule has 25 heavy (non-hydrogen) atoms. The number of hydrogen-bond acceptors (Lipinski definition) is 6. The molecule has 0 N–H and O–H groups in total. The lowest BCUT2D eigenvalue weighted by Gasteiger charge is -2.04. The Morgan fingerprint density at radius 1 is 1.24 bits per heavy atom. The first-order valence-electron chi connectivity index (χ1n) is 8.36. The van der Waals surface area contributed by atoms with Crippen LogP contribution in [0.1, 0.15) is 54.0 Å². The highest BCUT2D eigenvalue weighted by atomic mass is 16.5. The average Bonchev–Trinajstić information content (AvgIpc) is 3.18. The van der Waals surface area contributed by atoms with E-state index in [9.17, 15) is 4.79 Å². The number of rotatable bonds is 6. The number of esters is 1. The van der Waals surface area contributed by atoms with Crippen LogP contribution in [-0.4, -0.2) is 41.9 Å². The standard InChI is InChI=1S/C17H22N6O2/c1-11(2)22-8-7-14(20-22)16(24)25-9-5-6-15-19-17-18-12(3)10-13(4)23(17)21-15/h7-8,10-11H,5-6,9H2,1-4H3. The molecule has 3 heterocycles. The number of carbonyl (C=O) groups excluding carboxylic acids is 1. The van der Waals surface area contributed by atoms with Gasteiger partial charge in [0, 0.05) is 30.0 Å². The van der Waals surface area contributed by atoms with Crippen LogP contribution >= 0.6 is 0 Å². The van der Waals surface area contributed by atoms with E-state index >= 15 is 0 Å². The molecule has 0 aliphatic heterocycles. The quantitative estimate of drug-likeness (QED) is 0.505. The van der Waals surface area contributed by atoms with Crippen molar-refractivity contribution in [2.24, 2.45) is 0 Å². The summed E-state index contributed by atoms with van der Waals surface area (Å²) >= 11 is 0. The van der Waals surface area contributed by atoms with Crippen LogP contribution in [0.5, 0.6) is 0 Å². The monoisotopic (exact) mass is 342 g/mol. The molecule has 0 aliphatic rings. The first-order chi connectivity index (χ1) is 11.9. The molecule has 0 unspecified atom stereocenters. The SMILES string of the molecule is Cc1cc(C)n2nc(CCCOC(=O)c3ccn(C(C)C)n3)nc2n1. The van der Waals surface area contributed by atoms with Gasteiger partial charge >= 0.3 is 5.97 Å². The second kappa shape index (κ2) is 7.00. The van der Waals surface area contributed by atoms with Crippen molar-refractivity contribution in [1.29, 1.82) is 0 Å². The third-order valence-electron chi connectivity index (χ3n) is 3.79. The van der Waals surface area contributed by atoms with Gasteiger partial charge in [0.05, 0.1) is 6.61 Å². The topological polar surface area (TPSA) is 87.2 Å². The van der Waals surface area contributed by atoms with Gasteiger partial charge in [-0.25, -0.2) is 14.3 Å². The molecule has 8 heteroatoms. The summed E-state index contributed by atoms with van der Waals surface area (Å²) in [6.45, 7) is 8.21. The van der Waals surface area contributed by atoms with E-state index in [1.54, 1.807) is 21.5 Å². The van der Waals surface area contributed by atoms with Gasteiger partial charge in [-0.2, -0.15) is 10.1 Å². The molecule has 3 aromatic rings. The molecule has 3 rings (SSSR count). The normalized spacial score (nSPS) is 11.4. The zero-order valence-corrected chi connectivity index (χ0v) is 14.9. The second-order valence-corrected chi connectivity index (χ2v) is 6.29. The Hall–Kier alpha value is -2.77. The van der Waals surface area contributed by atoms with Crippen LogP contribution in [0.15, 0.2) is 18.3 Å². The summed E-state index contributed by atoms with van der Waals surface area (Å²) in [4.78, 5) is 20.8. The molecule has 8 nitrogen and oxygen atoms in total. The van der Waals surface area contributed by atoms with E-state index in [1.165, 1.54) is 0 Å². The van der Waals surface area contributed by atoms with Gasteiger partial charge in [0.2, 0.25) is 0 Å². The summed E-state index contributed by atoms with van der Waals surface area (Å²) in [5.74, 6) is 0.889. The minimum atomic E-state index is -0.407. The van der Waals surface area contributed by atoms with Crippen LogP contribution in [0.3, 0.4) is 0 Å². The van der Waals surface area contributed by atoms with Gasteiger partial charge in [-0.15, -0.1) is 5.10 Å². The summed E-state index contributed by atoms with van der Waals surface area (Å²) in [7, 11) is 0. The molecule has 0 aromatic carbocycles. The maximum Gasteiger partial charge on any atom is 0.358 e. The zero-order valence-electron chi connectivity index (χ0n) is 14.9. The molecule has 0 bridgehead atoms. The number of fused-ring (bicyclic) bond motifs is 1. The fraction of sp³-hybridized carbons (Fsp3) is 0.471. The Labute approximate surface area is 145 Å². The summed E-state index contributed by atoms with van der Waals surface area (Å²) in [6.07, 6.45) is 3.04. The van der Waals surface area contributed by atoms with E-state index in [0.29, 0.717) is 36.7 Å². The predicted molar refractivity (Wildman–Crippen MR) is 91.5 cm³/mol. The molecule has 0 radical (unpaired) electrons. The first kappa shape index (κ1) is 17.1. The van der Waals surface area contributed by atoms with Crippen molar-refractivity contribution >= 4 is 11.7 Å². The van der Waals surface area contributed by atoms with Crippen molar-refractivity contribution in [2.45, 2.75) is 46.6 Å². The third-order valence-corrected chi connectivity index (χ3v) is 3.79. The smallest absolute Gasteiger partial charge is 0.358 e. The van der Waals surface area contributed by atoms with Crippen molar-refractivity contribution in [3.8, 4) is 0 Å². The molecule has 0 aliphatic carbocycles. The molecule has 0 saturated heterocycles. The van der Waals surface area contributed by atoms with E-state index in [0.717, 1.165) is 11.4 Å². The molecule has 0 atom stereocenters. The van der Waals surface area contributed by atoms with E-state index in [2.05, 4.69) is 20.2 Å². The minimum Gasteiger partial charge on any atom is -0.461 e. The van der Waals surface area contributed by atoms with Gasteiger partial charge in [-0.3, -0.25) is 4.68 Å². The second-order valence-electron chi connectivity index (χ2n) is 6.29. The highest BCUT2D eigenvalue weighted by Crippen LogP contribution is 2.08. The molecule has 0 saturated carbocycles. The Kier molecular flexibility index (Phi) is 4.78. The molecule has 0 spiro atoms. The van der Waals surface area contributed by atoms with Crippen molar-refractivity contribution in [3.05, 3.63) is 41.2 Å². The van der Waals surface area contributed by atoms with Gasteiger partial charge in [-0.1, -0.05) is 0 Å². The van der Waals surface area contributed by atoms with Crippen LogP contribution in [0.25, 0.3) is 5.78 Å². The van der Waals surface area contributed by atoms with Gasteiger partial charge in [0.25, 0.3) is 5.78 Å². The Bertz CT molecular complexity index is 896. The molecular weight excluding hydrogens is 320 g/mol. The number of aromatic nitrogens is 6. The summed E-state index contributed by atoms with van der Waals surface area (Å²) in [5.41, 5.74) is 2.24. The maximum atomic E-state index is 12.0. The zero-order chi connectivity index (χ0) is 18.0. The lowest BCUT2D eigenvalue weighted by molar-refractivity contribution is 0.0492. The Morgan fingerprint density at radius 2 is 2.04 bits per heavy atom. The first-order valence-corrected chi connectivity index (χ1v) is 8.36. The number of nitrogens with zero attached hydrogens (tertiary/aromatic N) is 6. The van der Waals surface area contributed by atoms with Crippen molar-refractivity contribution < 1.29 is 9.53 Å². The number of carbonyl (C=O) groups is 1. The van der Waals surface area contributed by atoms with Crippen LogP contribution < -0.4 is 0 Å². The number of aryl methyl sites for hydroxylation is 3. The number of hydrogen-bond donors (Lipinski definition) is 0. The van der Waals surface area contributed by atoms with Crippen LogP contribution in [0.2, 0.25) is 0 Å². The highest BCUT2D eigenvalue weighted by molar-refractivity contribution is 5.87. The number of ether oxygens (including phenoxy) is 1. The predicted octanol–water partition coefficient (Wildman–Crippen LogP) is 2.31. The average molecular weight is 342 g/mol. The van der Waals surface area contributed by atoms with Crippen molar-refractivity contribution in [1.82, 2.24) is 29.4 Å². The third kappa shape index (κ3) is 3.84. The summed E-state index contributed by atoms with van der Waals surface area (Å²) < 4.78 is 8.73. The fourth-order valence-electron chi connectivity index (χ4n) is 2.52. The van der Waals surface area contributed by atoms with Gasteiger partial charge < -0.3 is 4.74 Å². The van der Waals surface area contributed by atoms with Gasteiger partial charge in [0.15, 0.2) is 11.5 Å². The van der Waals surface area contributed by atoms with Crippen LogP contribution in [0.4, 0.5) is 0 Å². The molecule has 0 amide bonds. The molecular formula is C17H22N6O2. The summed E-state index contributed by atoms with van der Waals surface area (Å²) in [5, 5.41) is 8.64. The molecule has 132 valence electrons. The fourth-order valence-corrected chi connectivity index (χ4v) is 2.52. The van der Waals surface area contributed by atoms with Crippen LogP contribution in [-0.2, 0) is 11.2 Å². The van der Waals surface area contributed by atoms with Gasteiger partial charge in [-0.05, 0) is 46.2 Å². The van der Waals surface area contributed by atoms with Crippen molar-refractivity contribution in [3.63, 3.8) is 0 Å². The molecule has 0 fully saturated rings. The maximum absolute atomic E-state index is 12.0. The van der Waals surface area contributed by atoms with E-state index in [1.807, 2.05) is 33.8 Å². The van der Waals surface area contributed by atoms with E-state index < -0.39 is 5.97 Å². The van der Waals surface area contributed by atoms with Crippen LogP contribution in [0, 0.1) is 13.8 Å². The highest BCUT2D eigenvalue weighted by Gasteiger charge is 2.12. The lowest BCUT2D eigenvalue weighted by atomic mass is 10.3. The van der Waals surface area contributed by atoms with Gasteiger partial charge in [0.1, 0.15) is 0 Å². The Morgan fingerprint density at radius 3 is 2.76 bits per heavy atom. The largest absolute Gasteiger partial charge is 0.461 e. The lowest BCUT2D eigenvalue weighted by Crippen LogP contribution is -2.10. The van der Waals surface area contributed by atoms with E-state index in [-0.39, 0.29) is 6.04 Å².